The highest BCUT2D eigenvalue weighted by atomic mass is 16.2. The van der Waals surface area contributed by atoms with E-state index in [0.29, 0.717) is 6.42 Å². The number of anilines is 2. The quantitative estimate of drug-likeness (QED) is 0.597. The van der Waals surface area contributed by atoms with Crippen LogP contribution in [0.25, 0.3) is 0 Å². The van der Waals surface area contributed by atoms with E-state index in [2.05, 4.69) is 20.5 Å². The van der Waals surface area contributed by atoms with E-state index in [0.717, 1.165) is 4.57 Å². The van der Waals surface area contributed by atoms with E-state index in [1.807, 2.05) is 6.92 Å². The second-order valence-corrected chi connectivity index (χ2v) is 4.12. The molecule has 1 amide bonds. The molecule has 0 saturated heterocycles. The van der Waals surface area contributed by atoms with Gasteiger partial charge >= 0.3 is 5.69 Å². The Morgan fingerprint density at radius 1 is 1.50 bits per heavy atom. The lowest BCUT2D eigenvalue weighted by Gasteiger charge is -2.09. The first kappa shape index (κ1) is 13.6. The molecule has 106 valence electrons. The summed E-state index contributed by atoms with van der Waals surface area (Å²) in [7, 11) is 0. The van der Waals surface area contributed by atoms with Crippen molar-refractivity contribution in [3.8, 4) is 0 Å². The summed E-state index contributed by atoms with van der Waals surface area (Å²) in [4.78, 5) is 37.9. The van der Waals surface area contributed by atoms with Crippen molar-refractivity contribution < 1.29 is 4.79 Å². The molecular weight excluding hydrogens is 264 g/mol. The van der Waals surface area contributed by atoms with Crippen LogP contribution in [0.15, 0.2) is 22.0 Å². The molecule has 0 aliphatic carbocycles. The summed E-state index contributed by atoms with van der Waals surface area (Å²) in [5.41, 5.74) is 4.44. The number of H-pyrrole nitrogens is 2. The average Bonchev–Trinajstić information content (AvgIpc) is 2.93. The monoisotopic (exact) mass is 278 g/mol. The Hall–Kier alpha value is -2.84. The minimum Gasteiger partial charge on any atom is -0.383 e. The summed E-state index contributed by atoms with van der Waals surface area (Å²) in [6.45, 7) is 2.06. The average molecular weight is 278 g/mol. The predicted molar refractivity (Wildman–Crippen MR) is 72.6 cm³/mol. The predicted octanol–water partition coefficient (Wildman–Crippen LogP) is -0.496. The third-order valence-corrected chi connectivity index (χ3v) is 2.66. The molecule has 20 heavy (non-hydrogen) atoms. The number of carbonyl (C=O) groups is 1. The zero-order valence-corrected chi connectivity index (χ0v) is 10.8. The molecule has 0 unspecified atom stereocenters. The summed E-state index contributed by atoms with van der Waals surface area (Å²) in [5, 5.41) is 8.50. The fourth-order valence-corrected chi connectivity index (χ4v) is 1.70. The molecule has 0 aliphatic heterocycles. The molecule has 2 rings (SSSR count). The van der Waals surface area contributed by atoms with Gasteiger partial charge in [0.25, 0.3) is 11.5 Å². The fraction of sp³-hybridized carbons (Fsp3) is 0.273. The van der Waals surface area contributed by atoms with Gasteiger partial charge in [0.2, 0.25) is 0 Å². The molecule has 0 spiro atoms. The van der Waals surface area contributed by atoms with Gasteiger partial charge in [-0.1, -0.05) is 6.92 Å². The van der Waals surface area contributed by atoms with Crippen LogP contribution in [0, 0.1) is 0 Å². The van der Waals surface area contributed by atoms with Gasteiger partial charge in [-0.3, -0.25) is 24.2 Å². The third-order valence-electron chi connectivity index (χ3n) is 2.66. The topological polar surface area (TPSA) is 139 Å². The van der Waals surface area contributed by atoms with Crippen molar-refractivity contribution in [1.82, 2.24) is 19.7 Å². The summed E-state index contributed by atoms with van der Waals surface area (Å²) in [6, 6.07) is 0. The van der Waals surface area contributed by atoms with Gasteiger partial charge < -0.3 is 11.1 Å². The van der Waals surface area contributed by atoms with Crippen LogP contribution in [-0.4, -0.2) is 25.7 Å². The Morgan fingerprint density at radius 3 is 2.85 bits per heavy atom. The number of carbonyl (C=O) groups excluding carboxylic acids is 1. The number of aromatic nitrogens is 4. The van der Waals surface area contributed by atoms with Gasteiger partial charge in [-0.05, 0) is 6.42 Å². The number of rotatable bonds is 4. The van der Waals surface area contributed by atoms with Crippen LogP contribution in [0.1, 0.15) is 23.7 Å². The molecule has 0 aliphatic rings. The van der Waals surface area contributed by atoms with Crippen molar-refractivity contribution in [3.05, 3.63) is 38.8 Å². The normalized spacial score (nSPS) is 10.4. The smallest absolute Gasteiger partial charge is 0.330 e. The van der Waals surface area contributed by atoms with Crippen LogP contribution >= 0.6 is 0 Å². The Morgan fingerprint density at radius 2 is 2.25 bits per heavy atom. The summed E-state index contributed by atoms with van der Waals surface area (Å²) >= 11 is 0. The lowest BCUT2D eigenvalue weighted by molar-refractivity contribution is 0.102. The highest BCUT2D eigenvalue weighted by Crippen LogP contribution is 2.08. The maximum absolute atomic E-state index is 12.1. The van der Waals surface area contributed by atoms with E-state index in [1.165, 1.54) is 12.4 Å². The summed E-state index contributed by atoms with van der Waals surface area (Å²) < 4.78 is 0.987. The number of hydrogen-bond acceptors (Lipinski definition) is 5. The van der Waals surface area contributed by atoms with Crippen LogP contribution in [0.5, 0.6) is 0 Å². The molecule has 0 fully saturated rings. The lowest BCUT2D eigenvalue weighted by Crippen LogP contribution is -2.38. The minimum absolute atomic E-state index is 0.149. The first-order chi connectivity index (χ1) is 9.54. The Bertz CT molecular complexity index is 728. The van der Waals surface area contributed by atoms with E-state index in [9.17, 15) is 14.4 Å². The van der Waals surface area contributed by atoms with Gasteiger partial charge in [0.1, 0.15) is 11.5 Å². The van der Waals surface area contributed by atoms with E-state index in [-0.39, 0.29) is 23.6 Å². The van der Waals surface area contributed by atoms with Gasteiger partial charge in [-0.15, -0.1) is 0 Å². The Balaban J connectivity index is 2.42. The van der Waals surface area contributed by atoms with Gasteiger partial charge in [0.15, 0.2) is 0 Å². The SMILES string of the molecule is CCCn1c(=O)[nH]c(N)c(NC(=O)c2cn[nH]c2)c1=O. The molecule has 0 bridgehead atoms. The third kappa shape index (κ3) is 2.46. The van der Waals surface area contributed by atoms with Gasteiger partial charge in [0.05, 0.1) is 11.8 Å². The van der Waals surface area contributed by atoms with Gasteiger partial charge in [0, 0.05) is 12.7 Å². The van der Waals surface area contributed by atoms with E-state index in [4.69, 9.17) is 5.73 Å². The second kappa shape index (κ2) is 5.43. The van der Waals surface area contributed by atoms with Crippen molar-refractivity contribution in [2.45, 2.75) is 19.9 Å². The number of nitrogens with one attached hydrogen (secondary N) is 3. The maximum Gasteiger partial charge on any atom is 0.330 e. The number of hydrogen-bond donors (Lipinski definition) is 4. The number of nitrogen functional groups attached to an aromatic ring is 1. The lowest BCUT2D eigenvalue weighted by atomic mass is 10.3. The highest BCUT2D eigenvalue weighted by Gasteiger charge is 2.15. The van der Waals surface area contributed by atoms with Gasteiger partial charge in [-0.2, -0.15) is 5.10 Å². The molecule has 2 aromatic heterocycles. The van der Waals surface area contributed by atoms with Crippen LogP contribution < -0.4 is 22.3 Å². The zero-order chi connectivity index (χ0) is 14.7. The molecule has 5 N–H and O–H groups in total. The van der Waals surface area contributed by atoms with Crippen molar-refractivity contribution >= 4 is 17.4 Å². The van der Waals surface area contributed by atoms with Crippen molar-refractivity contribution in [3.63, 3.8) is 0 Å². The summed E-state index contributed by atoms with van der Waals surface area (Å²) in [6.07, 6.45) is 3.28. The Kier molecular flexibility index (Phi) is 3.69. The van der Waals surface area contributed by atoms with E-state index in [1.54, 1.807) is 0 Å². The fourth-order valence-electron chi connectivity index (χ4n) is 1.70. The van der Waals surface area contributed by atoms with Gasteiger partial charge in [-0.25, -0.2) is 4.79 Å². The van der Waals surface area contributed by atoms with E-state index >= 15 is 0 Å². The molecule has 0 atom stereocenters. The zero-order valence-electron chi connectivity index (χ0n) is 10.8. The highest BCUT2D eigenvalue weighted by molar-refractivity contribution is 6.04. The van der Waals surface area contributed by atoms with Crippen LogP contribution in [0.2, 0.25) is 0 Å². The first-order valence-electron chi connectivity index (χ1n) is 5.97. The van der Waals surface area contributed by atoms with Crippen LogP contribution in [0.4, 0.5) is 11.5 Å². The molecule has 9 nitrogen and oxygen atoms in total. The number of nitrogens with zero attached hydrogens (tertiary/aromatic N) is 2. The molecule has 0 radical (unpaired) electrons. The summed E-state index contributed by atoms with van der Waals surface area (Å²) in [5.74, 6) is -0.721. The van der Waals surface area contributed by atoms with Crippen molar-refractivity contribution in [2.24, 2.45) is 0 Å². The molecule has 2 heterocycles. The number of amides is 1. The van der Waals surface area contributed by atoms with Crippen LogP contribution in [-0.2, 0) is 6.54 Å². The Labute approximate surface area is 112 Å². The largest absolute Gasteiger partial charge is 0.383 e. The molecule has 9 heteroatoms. The molecule has 0 saturated carbocycles. The molecule has 2 aromatic rings. The molecular formula is C11H14N6O3. The molecule has 0 aromatic carbocycles. The van der Waals surface area contributed by atoms with E-state index < -0.39 is 17.2 Å². The minimum atomic E-state index is -0.634. The number of aromatic amines is 2. The first-order valence-corrected chi connectivity index (χ1v) is 5.97. The second-order valence-electron chi connectivity index (χ2n) is 4.12. The van der Waals surface area contributed by atoms with Crippen molar-refractivity contribution in [2.75, 3.05) is 11.1 Å². The van der Waals surface area contributed by atoms with Crippen LogP contribution in [0.3, 0.4) is 0 Å². The van der Waals surface area contributed by atoms with Crippen molar-refractivity contribution in [1.29, 1.82) is 0 Å². The number of nitrogens with two attached hydrogens (primary N) is 1. The standard InChI is InChI=1S/C11H14N6O3/c1-2-3-17-10(19)7(8(12)16-11(17)20)15-9(18)6-4-13-14-5-6/h4-5H,2-3,12H2,1H3,(H,13,14)(H,15,18)(H,16,20). The maximum atomic E-state index is 12.1.